The van der Waals surface area contributed by atoms with Crippen molar-refractivity contribution in [3.63, 3.8) is 0 Å². The molecule has 1 heterocycles. The van der Waals surface area contributed by atoms with Gasteiger partial charge in [-0.15, -0.1) is 11.3 Å². The molecule has 1 aromatic heterocycles. The Labute approximate surface area is 156 Å². The number of hydrogen-bond acceptors (Lipinski definition) is 5. The highest BCUT2D eigenvalue weighted by Gasteiger charge is 2.27. The number of ether oxygens (including phenoxy) is 1. The topological polar surface area (TPSA) is 98.5 Å². The van der Waals surface area contributed by atoms with Gasteiger partial charge in [0.25, 0.3) is 5.91 Å². The van der Waals surface area contributed by atoms with Crippen LogP contribution in [0.5, 0.6) is 0 Å². The first kappa shape index (κ1) is 19.7. The van der Waals surface area contributed by atoms with Gasteiger partial charge in [-0.2, -0.15) is 0 Å². The van der Waals surface area contributed by atoms with E-state index in [1.54, 1.807) is 13.8 Å². The maximum atomic E-state index is 12.8. The normalized spacial score (nSPS) is 11.7. The van der Waals surface area contributed by atoms with Crippen molar-refractivity contribution in [1.29, 1.82) is 0 Å². The largest absolute Gasteiger partial charge is 0.462 e. The van der Waals surface area contributed by atoms with E-state index in [4.69, 9.17) is 10.5 Å². The molecule has 0 fully saturated rings. The van der Waals surface area contributed by atoms with Crippen molar-refractivity contribution in [2.75, 3.05) is 11.9 Å². The third-order valence-electron chi connectivity index (χ3n) is 4.02. The van der Waals surface area contributed by atoms with Crippen molar-refractivity contribution >= 4 is 34.1 Å². The molecule has 1 atom stereocenters. The lowest BCUT2D eigenvalue weighted by atomic mass is 9.95. The minimum atomic E-state index is -0.697. The molecule has 3 N–H and O–H groups in total. The van der Waals surface area contributed by atoms with Crippen LogP contribution in [0.1, 0.15) is 57.3 Å². The van der Waals surface area contributed by atoms with Crippen LogP contribution >= 0.6 is 11.3 Å². The number of rotatable bonds is 7. The number of thiophene rings is 1. The Morgan fingerprint density at radius 1 is 1.19 bits per heavy atom. The zero-order valence-corrected chi connectivity index (χ0v) is 15.8. The molecular formula is C19H22N2O4S. The molecule has 0 saturated heterocycles. The minimum absolute atomic E-state index is 0.148. The Kier molecular flexibility index (Phi) is 6.52. The van der Waals surface area contributed by atoms with Crippen LogP contribution in [-0.2, 0) is 9.53 Å². The summed E-state index contributed by atoms with van der Waals surface area (Å²) in [6.45, 7) is 5.45. The highest BCUT2D eigenvalue weighted by Crippen LogP contribution is 2.34. The molecule has 2 aromatic rings. The van der Waals surface area contributed by atoms with Gasteiger partial charge in [0.15, 0.2) is 0 Å². The third kappa shape index (κ3) is 4.11. The molecule has 2 amide bonds. The van der Waals surface area contributed by atoms with E-state index in [1.807, 2.05) is 37.3 Å². The van der Waals surface area contributed by atoms with Gasteiger partial charge in [0.05, 0.1) is 18.1 Å². The summed E-state index contributed by atoms with van der Waals surface area (Å²) in [6.07, 6.45) is 0.594. The summed E-state index contributed by atoms with van der Waals surface area (Å²) in [5, 5.41) is 3.05. The maximum Gasteiger partial charge on any atom is 0.348 e. The van der Waals surface area contributed by atoms with Crippen LogP contribution in [0.4, 0.5) is 5.00 Å². The number of nitrogens with two attached hydrogens (primary N) is 1. The van der Waals surface area contributed by atoms with Gasteiger partial charge in [0.2, 0.25) is 5.91 Å². The van der Waals surface area contributed by atoms with Crippen molar-refractivity contribution in [2.45, 2.75) is 33.1 Å². The lowest BCUT2D eigenvalue weighted by Gasteiger charge is -2.15. The molecule has 1 aromatic carbocycles. The number of primary amides is 1. The molecule has 0 saturated carbocycles. The fraction of sp³-hybridized carbons (Fsp3) is 0.316. The summed E-state index contributed by atoms with van der Waals surface area (Å²) in [7, 11) is 0. The number of nitrogens with one attached hydrogen (secondary N) is 1. The first-order chi connectivity index (χ1) is 12.4. The molecule has 0 unspecified atom stereocenters. The number of benzene rings is 1. The fourth-order valence-electron chi connectivity index (χ4n) is 2.75. The first-order valence-corrected chi connectivity index (χ1v) is 9.18. The molecular weight excluding hydrogens is 352 g/mol. The summed E-state index contributed by atoms with van der Waals surface area (Å²) in [5.41, 5.74) is 6.91. The van der Waals surface area contributed by atoms with Crippen LogP contribution in [0, 0.1) is 6.92 Å². The highest BCUT2D eigenvalue weighted by atomic mass is 32.1. The Bertz CT molecular complexity index is 814. The number of carbonyl (C=O) groups excluding carboxylic acids is 3. The van der Waals surface area contributed by atoms with Gasteiger partial charge in [0, 0.05) is 0 Å². The van der Waals surface area contributed by atoms with Crippen LogP contribution in [-0.4, -0.2) is 24.4 Å². The van der Waals surface area contributed by atoms with Crippen LogP contribution in [0.2, 0.25) is 0 Å². The van der Waals surface area contributed by atoms with E-state index in [9.17, 15) is 14.4 Å². The van der Waals surface area contributed by atoms with Crippen LogP contribution < -0.4 is 11.1 Å². The first-order valence-electron chi connectivity index (χ1n) is 8.36. The highest BCUT2D eigenvalue weighted by molar-refractivity contribution is 7.18. The van der Waals surface area contributed by atoms with E-state index >= 15 is 0 Å². The number of hydrogen-bond donors (Lipinski definition) is 2. The summed E-state index contributed by atoms with van der Waals surface area (Å²) in [6, 6.07) is 9.38. The van der Waals surface area contributed by atoms with Gasteiger partial charge >= 0.3 is 5.97 Å². The fourth-order valence-corrected chi connectivity index (χ4v) is 3.86. The molecule has 26 heavy (non-hydrogen) atoms. The predicted molar refractivity (Wildman–Crippen MR) is 102 cm³/mol. The Morgan fingerprint density at radius 2 is 1.85 bits per heavy atom. The molecule has 6 nitrogen and oxygen atoms in total. The quantitative estimate of drug-likeness (QED) is 0.725. The van der Waals surface area contributed by atoms with Crippen LogP contribution in [0.25, 0.3) is 0 Å². The molecule has 0 aliphatic heterocycles. The maximum absolute atomic E-state index is 12.8. The molecule has 2 rings (SSSR count). The molecule has 0 aliphatic rings. The molecule has 7 heteroatoms. The van der Waals surface area contributed by atoms with E-state index in [0.717, 1.165) is 16.9 Å². The van der Waals surface area contributed by atoms with Gasteiger partial charge in [-0.25, -0.2) is 4.79 Å². The number of anilines is 1. The monoisotopic (exact) mass is 374 g/mol. The van der Waals surface area contributed by atoms with E-state index in [1.165, 1.54) is 0 Å². The molecule has 0 bridgehead atoms. The number of esters is 1. The summed E-state index contributed by atoms with van der Waals surface area (Å²) < 4.78 is 5.01. The Morgan fingerprint density at radius 3 is 2.38 bits per heavy atom. The predicted octanol–water partition coefficient (Wildman–Crippen LogP) is 3.46. The van der Waals surface area contributed by atoms with Gasteiger partial charge in [-0.1, -0.05) is 37.3 Å². The van der Waals surface area contributed by atoms with E-state index in [-0.39, 0.29) is 33.9 Å². The zero-order valence-electron chi connectivity index (χ0n) is 15.0. The third-order valence-corrected chi connectivity index (χ3v) is 5.20. The van der Waals surface area contributed by atoms with E-state index < -0.39 is 11.9 Å². The summed E-state index contributed by atoms with van der Waals surface area (Å²) in [4.78, 5) is 37.0. The van der Waals surface area contributed by atoms with Gasteiger partial charge in [-0.05, 0) is 31.4 Å². The van der Waals surface area contributed by atoms with Crippen molar-refractivity contribution in [1.82, 2.24) is 0 Å². The number of amides is 2. The van der Waals surface area contributed by atoms with Crippen LogP contribution in [0.3, 0.4) is 0 Å². The second kappa shape index (κ2) is 8.62. The molecule has 0 radical (unpaired) electrons. The lowest BCUT2D eigenvalue weighted by molar-refractivity contribution is -0.117. The average Bonchev–Trinajstić information content (AvgIpc) is 2.93. The molecule has 0 spiro atoms. The number of carbonyl (C=O) groups is 3. The molecule has 0 aliphatic carbocycles. The van der Waals surface area contributed by atoms with Crippen LogP contribution in [0.15, 0.2) is 30.3 Å². The summed E-state index contributed by atoms with van der Waals surface area (Å²) in [5.74, 6) is -1.85. The van der Waals surface area contributed by atoms with Crippen molar-refractivity contribution in [3.8, 4) is 0 Å². The van der Waals surface area contributed by atoms with Gasteiger partial charge in [0.1, 0.15) is 9.88 Å². The SMILES string of the molecule is CCOC(=O)c1sc(NC(=O)[C@H](CC)c2ccccc2)c(C(N)=O)c1C. The minimum Gasteiger partial charge on any atom is -0.462 e. The smallest absolute Gasteiger partial charge is 0.348 e. The second-order valence-corrected chi connectivity index (χ2v) is 6.73. The molecule has 138 valence electrons. The zero-order chi connectivity index (χ0) is 19.3. The lowest BCUT2D eigenvalue weighted by Crippen LogP contribution is -2.22. The van der Waals surface area contributed by atoms with Crippen molar-refractivity contribution < 1.29 is 19.1 Å². The average molecular weight is 374 g/mol. The summed E-state index contributed by atoms with van der Waals surface area (Å²) >= 11 is 1.01. The van der Waals surface area contributed by atoms with E-state index in [2.05, 4.69) is 5.32 Å². The van der Waals surface area contributed by atoms with Gasteiger partial charge < -0.3 is 15.8 Å². The second-order valence-electron chi connectivity index (χ2n) is 5.71. The van der Waals surface area contributed by atoms with Gasteiger partial charge in [-0.3, -0.25) is 9.59 Å². The van der Waals surface area contributed by atoms with E-state index in [0.29, 0.717) is 12.0 Å². The van der Waals surface area contributed by atoms with Crippen molar-refractivity contribution in [2.24, 2.45) is 5.73 Å². The van der Waals surface area contributed by atoms with Crippen molar-refractivity contribution in [3.05, 3.63) is 51.9 Å². The standard InChI is InChI=1S/C19H22N2O4S/c1-4-13(12-9-7-6-8-10-12)17(23)21-18-14(16(20)22)11(3)15(26-18)19(24)25-5-2/h6-10,13H,4-5H2,1-3H3,(H2,20,22)(H,21,23)/t13-/m1/s1. The Hall–Kier alpha value is -2.67. The Balaban J connectivity index is 2.35.